The molecule has 3 rings (SSSR count). The molecule has 8 heteroatoms. The number of hydrogen-bond acceptors (Lipinski definition) is 2. The van der Waals surface area contributed by atoms with Gasteiger partial charge in [0.1, 0.15) is 5.82 Å². The first-order valence-electron chi connectivity index (χ1n) is 9.51. The van der Waals surface area contributed by atoms with Gasteiger partial charge in [0.15, 0.2) is 5.96 Å². The van der Waals surface area contributed by atoms with Crippen molar-refractivity contribution in [1.82, 2.24) is 15.5 Å². The van der Waals surface area contributed by atoms with Crippen molar-refractivity contribution >= 4 is 47.4 Å². The van der Waals surface area contributed by atoms with Gasteiger partial charge in [0, 0.05) is 50.2 Å². The second-order valence-electron chi connectivity index (χ2n) is 7.84. The first-order valence-corrected chi connectivity index (χ1v) is 9.88. The van der Waals surface area contributed by atoms with Crippen LogP contribution in [0.4, 0.5) is 4.39 Å². The minimum atomic E-state index is -0.362. The van der Waals surface area contributed by atoms with Crippen LogP contribution in [-0.2, 0) is 4.79 Å². The van der Waals surface area contributed by atoms with E-state index in [2.05, 4.69) is 15.6 Å². The minimum Gasteiger partial charge on any atom is -0.355 e. The highest BCUT2D eigenvalue weighted by atomic mass is 127. The number of nitrogens with one attached hydrogen (secondary N) is 2. The fourth-order valence-electron chi connectivity index (χ4n) is 4.15. The Morgan fingerprint density at radius 3 is 2.61 bits per heavy atom. The maximum Gasteiger partial charge on any atom is 0.230 e. The van der Waals surface area contributed by atoms with Gasteiger partial charge < -0.3 is 15.5 Å². The van der Waals surface area contributed by atoms with Crippen LogP contribution in [0.3, 0.4) is 0 Å². The zero-order valence-electron chi connectivity index (χ0n) is 16.6. The number of aliphatic imine (C=N–C) groups is 1. The van der Waals surface area contributed by atoms with Crippen LogP contribution in [0.25, 0.3) is 0 Å². The lowest BCUT2D eigenvalue weighted by Crippen LogP contribution is -2.49. The summed E-state index contributed by atoms with van der Waals surface area (Å²) in [4.78, 5) is 18.6. The molecule has 1 amide bonds. The topological polar surface area (TPSA) is 56.7 Å². The zero-order chi connectivity index (χ0) is 19.6. The summed E-state index contributed by atoms with van der Waals surface area (Å²) in [6.07, 6.45) is 4.74. The van der Waals surface area contributed by atoms with Crippen LogP contribution in [0.1, 0.15) is 43.6 Å². The molecule has 1 aromatic rings. The van der Waals surface area contributed by atoms with Gasteiger partial charge >= 0.3 is 0 Å². The Balaban J connectivity index is 0.00000280. The summed E-state index contributed by atoms with van der Waals surface area (Å²) < 4.78 is 14.1. The molecule has 2 N–H and O–H groups in total. The number of carbonyl (C=O) groups excluding carboxylic acids is 1. The standard InChI is InChI=1S/C20H28ClFN4O.HI/c1-23-19(24-12-20(9-4-5-10-20)18(27)26(2)3)25-16-11-13(16)17-14(21)7-6-8-15(17)22;/h6-8,13,16H,4-5,9-12H2,1-3H3,(H2,23,24,25);1H. The number of rotatable bonds is 5. The van der Waals surface area contributed by atoms with Crippen molar-refractivity contribution in [3.05, 3.63) is 34.6 Å². The Kier molecular flexibility index (Phi) is 7.96. The fourth-order valence-corrected chi connectivity index (χ4v) is 4.46. The zero-order valence-corrected chi connectivity index (χ0v) is 19.7. The highest BCUT2D eigenvalue weighted by Gasteiger charge is 2.44. The van der Waals surface area contributed by atoms with Crippen LogP contribution < -0.4 is 10.6 Å². The van der Waals surface area contributed by atoms with E-state index in [0.29, 0.717) is 23.1 Å². The van der Waals surface area contributed by atoms with E-state index in [1.54, 1.807) is 24.1 Å². The first-order chi connectivity index (χ1) is 12.9. The van der Waals surface area contributed by atoms with Crippen molar-refractivity contribution in [3.63, 3.8) is 0 Å². The number of amides is 1. The Morgan fingerprint density at radius 2 is 2.04 bits per heavy atom. The Labute approximate surface area is 188 Å². The summed E-state index contributed by atoms with van der Waals surface area (Å²) in [6, 6.07) is 4.88. The molecule has 0 spiro atoms. The van der Waals surface area contributed by atoms with E-state index in [9.17, 15) is 9.18 Å². The van der Waals surface area contributed by atoms with Gasteiger partial charge in [0.25, 0.3) is 0 Å². The number of benzene rings is 1. The third kappa shape index (κ3) is 4.90. The molecule has 156 valence electrons. The van der Waals surface area contributed by atoms with Gasteiger partial charge in [-0.05, 0) is 31.4 Å². The monoisotopic (exact) mass is 522 g/mol. The molecule has 2 aliphatic carbocycles. The van der Waals surface area contributed by atoms with E-state index in [4.69, 9.17) is 11.6 Å². The quantitative estimate of drug-likeness (QED) is 0.352. The number of guanidine groups is 1. The summed E-state index contributed by atoms with van der Waals surface area (Å²) in [5.74, 6) is 0.598. The lowest BCUT2D eigenvalue weighted by molar-refractivity contribution is -0.138. The van der Waals surface area contributed by atoms with E-state index in [0.717, 1.165) is 32.1 Å². The third-order valence-electron chi connectivity index (χ3n) is 5.72. The molecule has 0 heterocycles. The Morgan fingerprint density at radius 1 is 1.36 bits per heavy atom. The van der Waals surface area contributed by atoms with Crippen molar-refractivity contribution in [2.45, 2.75) is 44.1 Å². The molecule has 2 atom stereocenters. The third-order valence-corrected chi connectivity index (χ3v) is 6.05. The van der Waals surface area contributed by atoms with E-state index in [1.807, 2.05) is 14.1 Å². The second kappa shape index (κ2) is 9.61. The van der Waals surface area contributed by atoms with E-state index < -0.39 is 0 Å². The van der Waals surface area contributed by atoms with Crippen LogP contribution in [0, 0.1) is 11.2 Å². The molecular formula is C20H29ClFIN4O. The van der Waals surface area contributed by atoms with Crippen molar-refractivity contribution in [1.29, 1.82) is 0 Å². The smallest absolute Gasteiger partial charge is 0.230 e. The van der Waals surface area contributed by atoms with Gasteiger partial charge in [-0.15, -0.1) is 24.0 Å². The van der Waals surface area contributed by atoms with Crippen LogP contribution in [0.5, 0.6) is 0 Å². The lowest BCUT2D eigenvalue weighted by Gasteiger charge is -2.31. The van der Waals surface area contributed by atoms with E-state index in [-0.39, 0.29) is 53.1 Å². The van der Waals surface area contributed by atoms with Gasteiger partial charge in [-0.1, -0.05) is 30.5 Å². The number of halogens is 3. The Hall–Kier alpha value is -1.09. The molecular weight excluding hydrogens is 494 g/mol. The highest BCUT2D eigenvalue weighted by Crippen LogP contribution is 2.45. The lowest BCUT2D eigenvalue weighted by atomic mass is 9.84. The molecule has 5 nitrogen and oxygen atoms in total. The number of hydrogen-bond donors (Lipinski definition) is 2. The van der Waals surface area contributed by atoms with Crippen molar-refractivity contribution < 1.29 is 9.18 Å². The second-order valence-corrected chi connectivity index (χ2v) is 8.25. The average Bonchev–Trinajstić information content (AvgIpc) is 3.20. The molecule has 0 bridgehead atoms. The molecule has 0 aromatic heterocycles. The van der Waals surface area contributed by atoms with Crippen molar-refractivity contribution in [3.8, 4) is 0 Å². The minimum absolute atomic E-state index is 0. The summed E-state index contributed by atoms with van der Waals surface area (Å²) >= 11 is 6.17. The SMILES string of the molecule is CN=C(NCC1(C(=O)N(C)C)CCCC1)NC1CC1c1c(F)cccc1Cl.I. The maximum absolute atomic E-state index is 14.1. The van der Waals surface area contributed by atoms with Crippen LogP contribution in [-0.4, -0.2) is 50.5 Å². The van der Waals surface area contributed by atoms with Gasteiger partial charge in [0.05, 0.1) is 5.41 Å². The fraction of sp³-hybridized carbons (Fsp3) is 0.600. The number of nitrogens with zero attached hydrogens (tertiary/aromatic N) is 2. The maximum atomic E-state index is 14.1. The molecule has 2 fully saturated rings. The molecule has 1 aromatic carbocycles. The van der Waals surface area contributed by atoms with Gasteiger partial charge in [-0.2, -0.15) is 0 Å². The molecule has 0 saturated heterocycles. The van der Waals surface area contributed by atoms with Crippen molar-refractivity contribution in [2.24, 2.45) is 10.4 Å². The average molecular weight is 523 g/mol. The van der Waals surface area contributed by atoms with Crippen LogP contribution in [0.2, 0.25) is 5.02 Å². The molecule has 0 aliphatic heterocycles. The summed E-state index contributed by atoms with van der Waals surface area (Å²) in [6.45, 7) is 0.557. The van der Waals surface area contributed by atoms with Gasteiger partial charge in [0.2, 0.25) is 5.91 Å². The number of carbonyl (C=O) groups is 1. The van der Waals surface area contributed by atoms with Gasteiger partial charge in [-0.25, -0.2) is 4.39 Å². The first kappa shape index (κ1) is 23.2. The predicted octanol–water partition coefficient (Wildman–Crippen LogP) is 3.77. The summed E-state index contributed by atoms with van der Waals surface area (Å²) in [5.41, 5.74) is 0.209. The summed E-state index contributed by atoms with van der Waals surface area (Å²) in [7, 11) is 5.32. The van der Waals surface area contributed by atoms with Gasteiger partial charge in [-0.3, -0.25) is 9.79 Å². The normalized spacial score (nSPS) is 23.0. The highest BCUT2D eigenvalue weighted by molar-refractivity contribution is 14.0. The largest absolute Gasteiger partial charge is 0.355 e. The molecule has 0 radical (unpaired) electrons. The predicted molar refractivity (Wildman–Crippen MR) is 122 cm³/mol. The van der Waals surface area contributed by atoms with Crippen LogP contribution in [0.15, 0.2) is 23.2 Å². The van der Waals surface area contributed by atoms with E-state index in [1.165, 1.54) is 6.07 Å². The molecule has 2 saturated carbocycles. The Bertz CT molecular complexity index is 717. The van der Waals surface area contributed by atoms with Crippen LogP contribution >= 0.6 is 35.6 Å². The van der Waals surface area contributed by atoms with E-state index >= 15 is 0 Å². The molecule has 28 heavy (non-hydrogen) atoms. The summed E-state index contributed by atoms with van der Waals surface area (Å²) in [5, 5.41) is 7.13. The molecule has 2 aliphatic rings. The van der Waals surface area contributed by atoms with Crippen molar-refractivity contribution in [2.75, 3.05) is 27.7 Å². The molecule has 2 unspecified atom stereocenters.